The van der Waals surface area contributed by atoms with Gasteiger partial charge in [0, 0.05) is 155 Å². The first kappa shape index (κ1) is 109. The molecule has 0 bridgehead atoms. The fraction of sp³-hybridized carbons (Fsp3) is 0.144. The van der Waals surface area contributed by atoms with E-state index in [1.54, 1.807) is 43.1 Å². The zero-order chi connectivity index (χ0) is 89.5. The molecule has 0 aliphatic carbocycles. The van der Waals surface area contributed by atoms with Crippen LogP contribution < -0.4 is 4.74 Å². The maximum atomic E-state index is 10.1. The molecule has 18 rings (SSSR count). The van der Waals surface area contributed by atoms with Gasteiger partial charge < -0.3 is 34.8 Å². The van der Waals surface area contributed by atoms with E-state index in [2.05, 4.69) is 219 Å². The van der Waals surface area contributed by atoms with Crippen LogP contribution in [-0.2, 0) is 101 Å². The van der Waals surface area contributed by atoms with E-state index in [1.807, 2.05) is 250 Å². The summed E-state index contributed by atoms with van der Waals surface area (Å²) in [5.74, 6) is 2.58. The van der Waals surface area contributed by atoms with Crippen LogP contribution in [0.4, 0.5) is 0 Å². The summed E-state index contributed by atoms with van der Waals surface area (Å²) in [5.41, 5.74) is 24.2. The summed E-state index contributed by atoms with van der Waals surface area (Å²) < 4.78 is 6.59. The molecule has 16 heteroatoms. The van der Waals surface area contributed by atoms with E-state index >= 15 is 0 Å². The first-order chi connectivity index (χ1) is 63.6. The molecule has 18 aromatic rings. The molecule has 0 spiro atoms. The average molecular weight is 2650 g/mol. The van der Waals surface area contributed by atoms with Gasteiger partial charge in [-0.05, 0) is 184 Å². The monoisotopic (exact) mass is 2650 g/mol. The topological polar surface area (TPSA) is 150 Å². The number of ether oxygens (including phenoxy) is 1. The molecule has 2 unspecified atom stereocenters. The zero-order valence-corrected chi connectivity index (χ0v) is 87.5. The third-order valence-corrected chi connectivity index (χ3v) is 21.2. The number of hydrogen-bond donors (Lipinski definition) is 1. The van der Waals surface area contributed by atoms with E-state index in [1.165, 1.54) is 121 Å². The fourth-order valence-electron chi connectivity index (χ4n) is 14.3. The van der Waals surface area contributed by atoms with Crippen LogP contribution in [-0.4, -0.2) is 50.9 Å². The minimum Gasteiger partial charge on any atom is -0.477 e. The molecule has 1 N–H and O–H groups in total. The SMILES string of the molecule is CCCCCC(CC)c1ccc(-c2cc(Oc3cc[c-]c(-c4ccccn4)c3)cc(-c3ccc(C(CC)CCCCC)cc3)c2)cc1.Cc1ccnc(-c2[c-]cccc2)n1.O=C(O)c1ccccn1.[Ir].[Ir].[Ir].[Ir].[Ir].[c-]1ccc(-c2ccccc2)cc1-c1ccccn1.[c-]1ccc(-c2ccccc2)cc1-c1ccccn1.[c-]1ccccc1-c1ccccn1.[c-]1ccccc1-c1ccccn1. The summed E-state index contributed by atoms with van der Waals surface area (Å²) in [7, 11) is 0. The number of carbonyl (C=O) groups is 1. The number of carboxylic acid groups (broad SMARTS) is 1. The second-order valence-electron chi connectivity index (χ2n) is 30.4. The van der Waals surface area contributed by atoms with Gasteiger partial charge in [0.25, 0.3) is 0 Å². The Morgan fingerprint density at radius 3 is 0.985 bits per heavy atom. The number of rotatable bonds is 25. The number of unbranched alkanes of at least 4 members (excludes halogenated alkanes) is 4. The van der Waals surface area contributed by atoms with Crippen molar-refractivity contribution in [3.8, 4) is 124 Å². The molecule has 2 atom stereocenters. The van der Waals surface area contributed by atoms with Crippen molar-refractivity contribution in [1.29, 1.82) is 0 Å². The largest absolute Gasteiger partial charge is 0.477 e. The van der Waals surface area contributed by atoms with Gasteiger partial charge in [-0.2, -0.15) is 0 Å². The van der Waals surface area contributed by atoms with Crippen molar-refractivity contribution < 1.29 is 115 Å². The molecule has 0 aliphatic rings. The van der Waals surface area contributed by atoms with Gasteiger partial charge in [-0.3, -0.25) is 9.97 Å². The summed E-state index contributed by atoms with van der Waals surface area (Å²) in [6.07, 6.45) is 24.8. The smallest absolute Gasteiger partial charge is 0.354 e. The first-order valence-electron chi connectivity index (χ1n) is 44.2. The molecule has 134 heavy (non-hydrogen) atoms. The third kappa shape index (κ3) is 35.7. The average Bonchev–Trinajstić information content (AvgIpc) is 0.795. The summed E-state index contributed by atoms with van der Waals surface area (Å²) >= 11 is 0. The number of aromatic carboxylic acids is 1. The van der Waals surface area contributed by atoms with Crippen molar-refractivity contribution in [3.05, 3.63) is 472 Å². The third-order valence-electron chi connectivity index (χ3n) is 21.2. The minimum absolute atomic E-state index is 0. The molecule has 0 fully saturated rings. The maximum Gasteiger partial charge on any atom is 0.354 e. The van der Waals surface area contributed by atoms with Crippen LogP contribution in [0.15, 0.2) is 413 Å². The van der Waals surface area contributed by atoms with Crippen molar-refractivity contribution in [1.82, 2.24) is 39.9 Å². The number of pyridine rings is 6. The molecule has 5 radical (unpaired) electrons. The maximum absolute atomic E-state index is 10.1. The standard InChI is InChI=1S/C45H52NO.2C17H12N.C11H9N2.2C11H8N.C6H5NO2.5Ir/c1-5-9-11-16-34(7-3)36-21-25-38(26-22-36)41-30-42(39-27-23-37(24-28-39)35(8-4)17-12-10-6-2)33-44(32-41)47-43-19-15-18-40(31-43)45-20-13-14-29-46-45;2*1-2-7-14(8-3-1)15-9-6-10-16(13-15)17-11-4-5-12-18-17;1-9-7-8-12-11(13-9)10-5-3-2-4-6-10;2*1-2-6-10(7-3-1)11-8-4-5-9-12-11;8-6(9)5-3-1-2-4-7-5;;;;;/h13-15,19-35H,5-12,16-17H2,1-4H3;2*1-9,11-13H;2-5,7-8H,1H3;2*1-6,8-9H;1-4H,(H,8,9);;;;;/q6*-1;;;;;;. The summed E-state index contributed by atoms with van der Waals surface area (Å²) in [5, 5.41) is 8.32. The minimum atomic E-state index is -0.990. The van der Waals surface area contributed by atoms with Crippen molar-refractivity contribution >= 4 is 5.97 Å². The van der Waals surface area contributed by atoms with Crippen LogP contribution >= 0.6 is 0 Å². The van der Waals surface area contributed by atoms with Crippen molar-refractivity contribution in [2.24, 2.45) is 0 Å². The number of aryl methyl sites for hydroxylation is 1. The Morgan fingerprint density at radius 1 is 0.291 bits per heavy atom. The van der Waals surface area contributed by atoms with Gasteiger partial charge in [-0.25, -0.2) is 9.78 Å². The fourth-order valence-corrected chi connectivity index (χ4v) is 14.3. The second-order valence-corrected chi connectivity index (χ2v) is 30.4. The van der Waals surface area contributed by atoms with Gasteiger partial charge in [0.05, 0.1) is 5.82 Å². The Labute approximate surface area is 859 Å². The predicted octanol–water partition coefficient (Wildman–Crippen LogP) is 30.4. The molecule has 687 valence electrons. The Bertz CT molecular complexity index is 5770. The molecule has 7 heterocycles. The van der Waals surface area contributed by atoms with Crippen LogP contribution in [0, 0.1) is 43.3 Å². The summed E-state index contributed by atoms with van der Waals surface area (Å²) in [6.45, 7) is 11.1. The van der Waals surface area contributed by atoms with Crippen molar-refractivity contribution in [2.45, 2.75) is 111 Å². The van der Waals surface area contributed by atoms with E-state index in [0.717, 1.165) is 96.0 Å². The van der Waals surface area contributed by atoms with Gasteiger partial charge in [0.15, 0.2) is 0 Å². The second kappa shape index (κ2) is 61.7. The molecule has 0 saturated heterocycles. The van der Waals surface area contributed by atoms with Crippen molar-refractivity contribution in [2.75, 3.05) is 0 Å². The van der Waals surface area contributed by atoms with Gasteiger partial charge in [-0.1, -0.05) is 242 Å². The zero-order valence-electron chi connectivity index (χ0n) is 75.5. The quantitative estimate of drug-likeness (QED) is 0.0430. The molecule has 0 amide bonds. The van der Waals surface area contributed by atoms with E-state index in [0.29, 0.717) is 11.8 Å². The first-order valence-corrected chi connectivity index (χ1v) is 44.2. The predicted molar refractivity (Wildman–Crippen MR) is 527 cm³/mol. The van der Waals surface area contributed by atoms with E-state index in [4.69, 9.17) is 9.84 Å². The van der Waals surface area contributed by atoms with Crippen LogP contribution in [0.1, 0.15) is 131 Å². The van der Waals surface area contributed by atoms with E-state index < -0.39 is 5.97 Å². The number of nitrogens with zero attached hydrogens (tertiary/aromatic N) is 8. The van der Waals surface area contributed by atoms with Crippen LogP contribution in [0.25, 0.3) is 112 Å². The van der Waals surface area contributed by atoms with Crippen molar-refractivity contribution in [3.63, 3.8) is 0 Å². The Kier molecular flexibility index (Phi) is 50.1. The molecule has 0 saturated carbocycles. The van der Waals surface area contributed by atoms with E-state index in [-0.39, 0.29) is 106 Å². The number of carboxylic acids is 1. The number of aromatic nitrogens is 8. The molecule has 7 aromatic heterocycles. The Morgan fingerprint density at radius 2 is 0.642 bits per heavy atom. The summed E-state index contributed by atoms with van der Waals surface area (Å²) in [6, 6.07) is 143. The number of hydrogen-bond acceptors (Lipinski definition) is 10. The Balaban J connectivity index is 0.000000233. The molecular formula is C118H106Ir5N8O3-6. The summed E-state index contributed by atoms with van der Waals surface area (Å²) in [4.78, 5) is 43.8. The number of benzene rings is 11. The van der Waals surface area contributed by atoms with Crippen LogP contribution in [0.3, 0.4) is 0 Å². The molecular weight excluding hydrogens is 2540 g/mol. The van der Waals surface area contributed by atoms with Crippen LogP contribution in [0.2, 0.25) is 0 Å². The molecule has 0 aliphatic heterocycles. The Hall–Kier alpha value is -12.1. The normalized spacial score (nSPS) is 10.4. The van der Waals surface area contributed by atoms with Gasteiger partial charge in [0.1, 0.15) is 11.4 Å². The van der Waals surface area contributed by atoms with E-state index in [9.17, 15) is 4.79 Å². The van der Waals surface area contributed by atoms with Gasteiger partial charge >= 0.3 is 5.97 Å². The van der Waals surface area contributed by atoms with Gasteiger partial charge in [-0.15, -0.1) is 208 Å². The van der Waals surface area contributed by atoms with Gasteiger partial charge in [0.2, 0.25) is 0 Å². The van der Waals surface area contributed by atoms with Crippen LogP contribution in [0.5, 0.6) is 11.5 Å². The molecule has 11 nitrogen and oxygen atoms in total. The molecule has 11 aromatic carbocycles.